The number of furan rings is 1. The predicted molar refractivity (Wildman–Crippen MR) is 49.8 cm³/mol. The molecule has 0 saturated heterocycles. The van der Waals surface area contributed by atoms with Crippen molar-refractivity contribution < 1.29 is 17.6 Å². The average Bonchev–Trinajstić information content (AvgIpc) is 2.53. The van der Waals surface area contributed by atoms with Gasteiger partial charge in [0.2, 0.25) is 0 Å². The molecule has 76 valence electrons. The highest BCUT2D eigenvalue weighted by atomic mass is 32.2. The van der Waals surface area contributed by atoms with Crippen molar-refractivity contribution in [3.8, 4) is 0 Å². The van der Waals surface area contributed by atoms with Gasteiger partial charge in [-0.2, -0.15) is 0 Å². The largest absolute Gasteiger partial charge is 0.461 e. The van der Waals surface area contributed by atoms with Crippen molar-refractivity contribution in [1.29, 1.82) is 0 Å². The molecule has 4 nitrogen and oxygen atoms in total. The summed E-state index contributed by atoms with van der Waals surface area (Å²) >= 11 is 0. The van der Waals surface area contributed by atoms with Gasteiger partial charge in [-0.25, -0.2) is 8.42 Å². The summed E-state index contributed by atoms with van der Waals surface area (Å²) in [7, 11) is -3.11. The molecule has 5 heteroatoms. The van der Waals surface area contributed by atoms with Crippen LogP contribution >= 0.6 is 0 Å². The zero-order chi connectivity index (χ0) is 10.5. The normalized spacial score (nSPS) is 23.4. The van der Waals surface area contributed by atoms with Crippen LogP contribution < -0.4 is 0 Å². The average molecular weight is 214 g/mol. The lowest BCUT2D eigenvalue weighted by atomic mass is 10.1. The molecule has 2 heterocycles. The van der Waals surface area contributed by atoms with Crippen LogP contribution in [0.5, 0.6) is 0 Å². The quantitative estimate of drug-likeness (QED) is 0.664. The van der Waals surface area contributed by atoms with Crippen molar-refractivity contribution in [2.24, 2.45) is 0 Å². The fourth-order valence-corrected chi connectivity index (χ4v) is 3.28. The van der Waals surface area contributed by atoms with Crippen LogP contribution in [-0.2, 0) is 15.6 Å². The van der Waals surface area contributed by atoms with Crippen molar-refractivity contribution in [2.75, 3.05) is 0 Å². The highest BCUT2D eigenvalue weighted by molar-refractivity contribution is 7.91. The summed E-state index contributed by atoms with van der Waals surface area (Å²) in [5.41, 5.74) is 1.18. The fraction of sp³-hybridized carbons (Fsp3) is 0.444. The number of rotatable bonds is 1. The smallest absolute Gasteiger partial charge is 0.195 e. The van der Waals surface area contributed by atoms with Gasteiger partial charge in [-0.05, 0) is 6.92 Å². The first kappa shape index (κ1) is 9.45. The first-order valence-electron chi connectivity index (χ1n) is 4.26. The molecule has 0 radical (unpaired) electrons. The van der Waals surface area contributed by atoms with E-state index in [-0.39, 0.29) is 17.3 Å². The Morgan fingerprint density at radius 2 is 2.21 bits per heavy atom. The Morgan fingerprint density at radius 1 is 1.57 bits per heavy atom. The SMILES string of the molecule is CC(=O)c1occ2c1C(C)S(=O)(=O)C2. The maximum Gasteiger partial charge on any atom is 0.195 e. The van der Waals surface area contributed by atoms with Crippen LogP contribution in [0.15, 0.2) is 10.7 Å². The van der Waals surface area contributed by atoms with E-state index in [9.17, 15) is 13.2 Å². The number of hydrogen-bond acceptors (Lipinski definition) is 4. The van der Waals surface area contributed by atoms with E-state index in [0.717, 1.165) is 0 Å². The second-order valence-corrected chi connectivity index (χ2v) is 5.83. The second-order valence-electron chi connectivity index (χ2n) is 3.51. The standard InChI is InChI=1S/C9H10O4S/c1-5(10)9-8-6(2)14(11,12)4-7(8)3-13-9/h3,6H,4H2,1-2H3. The summed E-state index contributed by atoms with van der Waals surface area (Å²) in [5.74, 6) is -0.0518. The van der Waals surface area contributed by atoms with Crippen molar-refractivity contribution >= 4 is 15.6 Å². The minimum Gasteiger partial charge on any atom is -0.461 e. The minimum atomic E-state index is -3.11. The fourth-order valence-electron chi connectivity index (χ4n) is 1.75. The Morgan fingerprint density at radius 3 is 2.79 bits per heavy atom. The summed E-state index contributed by atoms with van der Waals surface area (Å²) < 4.78 is 28.1. The Hall–Kier alpha value is -1.10. The van der Waals surface area contributed by atoms with Crippen LogP contribution in [0.25, 0.3) is 0 Å². The molecule has 0 saturated carbocycles. The first-order chi connectivity index (χ1) is 6.43. The number of hydrogen-bond donors (Lipinski definition) is 0. The molecule has 0 N–H and O–H groups in total. The molecule has 1 aliphatic rings. The van der Waals surface area contributed by atoms with Crippen molar-refractivity contribution in [3.05, 3.63) is 23.2 Å². The number of fused-ring (bicyclic) bond motifs is 1. The Bertz CT molecular complexity index is 495. The molecule has 0 amide bonds. The van der Waals surface area contributed by atoms with Crippen LogP contribution in [0.3, 0.4) is 0 Å². The molecule has 14 heavy (non-hydrogen) atoms. The van der Waals surface area contributed by atoms with Gasteiger partial charge in [0, 0.05) is 18.1 Å². The molecule has 0 bridgehead atoms. The maximum atomic E-state index is 11.5. The van der Waals surface area contributed by atoms with Gasteiger partial charge < -0.3 is 4.42 Å². The molecule has 0 fully saturated rings. The second kappa shape index (κ2) is 2.70. The predicted octanol–water partition coefficient (Wildman–Crippen LogP) is 1.47. The Balaban J connectivity index is 2.64. The molecule has 0 aromatic carbocycles. The number of carbonyl (C=O) groups is 1. The molecule has 1 aromatic rings. The van der Waals surface area contributed by atoms with Crippen LogP contribution in [0.4, 0.5) is 0 Å². The summed E-state index contributed by atoms with van der Waals surface area (Å²) in [6.07, 6.45) is 1.37. The van der Waals surface area contributed by atoms with Gasteiger partial charge in [-0.3, -0.25) is 4.79 Å². The van der Waals surface area contributed by atoms with Crippen molar-refractivity contribution in [3.63, 3.8) is 0 Å². The van der Waals surface area contributed by atoms with Gasteiger partial charge in [-0.15, -0.1) is 0 Å². The van der Waals surface area contributed by atoms with E-state index in [4.69, 9.17) is 4.42 Å². The van der Waals surface area contributed by atoms with Gasteiger partial charge in [-0.1, -0.05) is 0 Å². The monoisotopic (exact) mass is 214 g/mol. The third-order valence-corrected chi connectivity index (χ3v) is 4.56. The van der Waals surface area contributed by atoms with E-state index < -0.39 is 15.1 Å². The molecule has 1 aromatic heterocycles. The molecular formula is C9H10O4S. The van der Waals surface area contributed by atoms with Gasteiger partial charge in [0.1, 0.15) is 0 Å². The van der Waals surface area contributed by atoms with Crippen molar-refractivity contribution in [1.82, 2.24) is 0 Å². The van der Waals surface area contributed by atoms with Crippen molar-refractivity contribution in [2.45, 2.75) is 24.9 Å². The summed E-state index contributed by atoms with van der Waals surface area (Å²) in [6.45, 7) is 2.96. The summed E-state index contributed by atoms with van der Waals surface area (Å²) in [6, 6.07) is 0. The number of sulfone groups is 1. The van der Waals surface area contributed by atoms with E-state index >= 15 is 0 Å². The summed E-state index contributed by atoms with van der Waals surface area (Å²) in [4.78, 5) is 11.1. The molecule has 2 rings (SSSR count). The van der Waals surface area contributed by atoms with Crippen LogP contribution in [0.2, 0.25) is 0 Å². The van der Waals surface area contributed by atoms with E-state index in [0.29, 0.717) is 11.1 Å². The van der Waals surface area contributed by atoms with E-state index in [1.165, 1.54) is 13.2 Å². The minimum absolute atomic E-state index is 0.0136. The maximum absolute atomic E-state index is 11.5. The van der Waals surface area contributed by atoms with E-state index in [2.05, 4.69) is 0 Å². The lowest BCUT2D eigenvalue weighted by Crippen LogP contribution is -2.05. The third kappa shape index (κ3) is 1.12. The molecular weight excluding hydrogens is 204 g/mol. The molecule has 1 aliphatic heterocycles. The molecule has 1 unspecified atom stereocenters. The lowest BCUT2D eigenvalue weighted by molar-refractivity contribution is 0.0986. The molecule has 0 spiro atoms. The first-order valence-corrected chi connectivity index (χ1v) is 5.98. The van der Waals surface area contributed by atoms with Crippen LogP contribution in [-0.4, -0.2) is 14.2 Å². The van der Waals surface area contributed by atoms with Crippen LogP contribution in [0.1, 0.15) is 40.8 Å². The van der Waals surface area contributed by atoms with Gasteiger partial charge in [0.05, 0.1) is 17.3 Å². The highest BCUT2D eigenvalue weighted by Crippen LogP contribution is 2.39. The lowest BCUT2D eigenvalue weighted by Gasteiger charge is -2.02. The number of ketones is 1. The molecule has 0 aliphatic carbocycles. The van der Waals surface area contributed by atoms with Gasteiger partial charge in [0.25, 0.3) is 0 Å². The zero-order valence-corrected chi connectivity index (χ0v) is 8.72. The van der Waals surface area contributed by atoms with Gasteiger partial charge in [0.15, 0.2) is 21.4 Å². The van der Waals surface area contributed by atoms with Crippen LogP contribution in [0, 0.1) is 0 Å². The van der Waals surface area contributed by atoms with Gasteiger partial charge >= 0.3 is 0 Å². The number of carbonyl (C=O) groups excluding carboxylic acids is 1. The number of Topliss-reactive ketones (excluding diaryl/α,β-unsaturated/α-hetero) is 1. The zero-order valence-electron chi connectivity index (χ0n) is 7.90. The Kier molecular flexibility index (Phi) is 1.82. The summed E-state index contributed by atoms with van der Waals surface area (Å²) in [5, 5.41) is -0.616. The third-order valence-electron chi connectivity index (χ3n) is 2.53. The van der Waals surface area contributed by atoms with E-state index in [1.54, 1.807) is 6.92 Å². The molecule has 1 atom stereocenters. The van der Waals surface area contributed by atoms with E-state index in [1.807, 2.05) is 0 Å². The topological polar surface area (TPSA) is 64.3 Å². The Labute approximate surface area is 81.8 Å². The highest BCUT2D eigenvalue weighted by Gasteiger charge is 2.38.